The molecule has 0 saturated heterocycles. The number of aliphatic hydroxyl groups is 1. The van der Waals surface area contributed by atoms with Crippen LogP contribution in [0.5, 0.6) is 0 Å². The Hall–Kier alpha value is -1.29. The van der Waals surface area contributed by atoms with E-state index in [0.717, 1.165) is 24.2 Å². The molecule has 4 nitrogen and oxygen atoms in total. The van der Waals surface area contributed by atoms with E-state index in [-0.39, 0.29) is 18.4 Å². The van der Waals surface area contributed by atoms with Crippen LogP contribution in [-0.4, -0.2) is 24.2 Å². The molecule has 0 fully saturated rings. The zero-order valence-corrected chi connectivity index (χ0v) is 11.5. The maximum Gasteiger partial charge on any atom is 0.287 e. The average Bonchev–Trinajstić information content (AvgIpc) is 2.79. The van der Waals surface area contributed by atoms with E-state index >= 15 is 0 Å². The summed E-state index contributed by atoms with van der Waals surface area (Å²) in [5.41, 5.74) is 1.10. The van der Waals surface area contributed by atoms with Gasteiger partial charge in [0.25, 0.3) is 5.91 Å². The van der Waals surface area contributed by atoms with Crippen molar-refractivity contribution in [1.29, 1.82) is 0 Å². The molecule has 0 aliphatic carbocycles. The van der Waals surface area contributed by atoms with Gasteiger partial charge in [0.1, 0.15) is 5.76 Å². The summed E-state index contributed by atoms with van der Waals surface area (Å²) in [6.45, 7) is 6.77. The van der Waals surface area contributed by atoms with Crippen molar-refractivity contribution in [3.05, 3.63) is 23.2 Å². The Morgan fingerprint density at radius 2 is 2.17 bits per heavy atom. The Morgan fingerprint density at radius 1 is 1.44 bits per heavy atom. The summed E-state index contributed by atoms with van der Waals surface area (Å²) in [4.78, 5) is 11.9. The van der Waals surface area contributed by atoms with Crippen molar-refractivity contribution in [1.82, 2.24) is 5.32 Å². The Labute approximate surface area is 108 Å². The fraction of sp³-hybridized carbons (Fsp3) is 0.643. The molecule has 1 heterocycles. The van der Waals surface area contributed by atoms with E-state index in [1.807, 2.05) is 19.9 Å². The zero-order valence-electron chi connectivity index (χ0n) is 11.5. The maximum atomic E-state index is 11.9. The summed E-state index contributed by atoms with van der Waals surface area (Å²) >= 11 is 0. The Kier molecular flexibility index (Phi) is 5.92. The van der Waals surface area contributed by atoms with Gasteiger partial charge in [-0.15, -0.1) is 0 Å². The van der Waals surface area contributed by atoms with Crippen LogP contribution in [-0.2, 0) is 12.8 Å². The van der Waals surface area contributed by atoms with Crippen LogP contribution < -0.4 is 5.32 Å². The molecule has 102 valence electrons. The number of rotatable bonds is 7. The van der Waals surface area contributed by atoms with E-state index < -0.39 is 0 Å². The largest absolute Gasteiger partial charge is 0.456 e. The van der Waals surface area contributed by atoms with Gasteiger partial charge in [0, 0.05) is 19.6 Å². The summed E-state index contributed by atoms with van der Waals surface area (Å²) in [5, 5.41) is 11.6. The molecule has 0 aromatic carbocycles. The molecule has 1 aromatic rings. The maximum absolute atomic E-state index is 11.9. The summed E-state index contributed by atoms with van der Waals surface area (Å²) in [5.74, 6) is 1.38. The second-order valence-corrected chi connectivity index (χ2v) is 4.59. The topological polar surface area (TPSA) is 62.5 Å². The monoisotopic (exact) mass is 253 g/mol. The Bertz CT molecular complexity index is 363. The lowest BCUT2D eigenvalue weighted by Crippen LogP contribution is -2.28. The molecular formula is C14H23NO3. The van der Waals surface area contributed by atoms with Gasteiger partial charge in [-0.25, -0.2) is 0 Å². The van der Waals surface area contributed by atoms with Crippen molar-refractivity contribution in [3.8, 4) is 0 Å². The summed E-state index contributed by atoms with van der Waals surface area (Å²) in [7, 11) is 0. The predicted molar refractivity (Wildman–Crippen MR) is 70.7 cm³/mol. The third kappa shape index (κ3) is 3.88. The minimum atomic E-state index is -0.172. The molecule has 1 atom stereocenters. The molecule has 0 aliphatic heterocycles. The number of hydrogen-bond donors (Lipinski definition) is 2. The lowest BCUT2D eigenvalue weighted by atomic mass is 10.1. The molecule has 0 saturated carbocycles. The molecule has 1 aromatic heterocycles. The zero-order chi connectivity index (χ0) is 13.5. The first kappa shape index (κ1) is 14.8. The van der Waals surface area contributed by atoms with Crippen LogP contribution in [0, 0.1) is 5.92 Å². The van der Waals surface area contributed by atoms with Crippen LogP contribution in [0.25, 0.3) is 0 Å². The molecule has 0 aliphatic rings. The summed E-state index contributed by atoms with van der Waals surface area (Å²) in [6.07, 6.45) is 2.37. The lowest BCUT2D eigenvalue weighted by molar-refractivity contribution is 0.0916. The fourth-order valence-corrected chi connectivity index (χ4v) is 1.85. The summed E-state index contributed by atoms with van der Waals surface area (Å²) < 4.78 is 5.55. The second-order valence-electron chi connectivity index (χ2n) is 4.59. The van der Waals surface area contributed by atoms with E-state index in [4.69, 9.17) is 9.52 Å². The molecule has 18 heavy (non-hydrogen) atoms. The molecule has 1 rings (SSSR count). The standard InChI is InChI=1S/C14H23NO3/c1-4-11-8-13(18-12(11)5-2)14(17)15-9-10(3)6-7-16/h8,10,16H,4-7,9H2,1-3H3,(H,15,17). The van der Waals surface area contributed by atoms with Gasteiger partial charge in [-0.2, -0.15) is 0 Å². The molecule has 0 radical (unpaired) electrons. The molecule has 0 spiro atoms. The highest BCUT2D eigenvalue weighted by Crippen LogP contribution is 2.17. The van der Waals surface area contributed by atoms with Crippen molar-refractivity contribution < 1.29 is 14.3 Å². The number of aryl methyl sites for hydroxylation is 2. The van der Waals surface area contributed by atoms with Gasteiger partial charge >= 0.3 is 0 Å². The number of carbonyl (C=O) groups is 1. The normalized spacial score (nSPS) is 12.4. The molecule has 1 unspecified atom stereocenters. The Morgan fingerprint density at radius 3 is 2.67 bits per heavy atom. The van der Waals surface area contributed by atoms with E-state index in [2.05, 4.69) is 12.2 Å². The second kappa shape index (κ2) is 7.21. The van der Waals surface area contributed by atoms with Gasteiger partial charge in [-0.1, -0.05) is 20.8 Å². The number of hydrogen-bond acceptors (Lipinski definition) is 3. The molecule has 2 N–H and O–H groups in total. The van der Waals surface area contributed by atoms with Crippen LogP contribution in [0.4, 0.5) is 0 Å². The number of nitrogens with one attached hydrogen (secondary N) is 1. The third-order valence-corrected chi connectivity index (χ3v) is 3.06. The van der Waals surface area contributed by atoms with Crippen LogP contribution in [0.15, 0.2) is 10.5 Å². The van der Waals surface area contributed by atoms with E-state index in [1.54, 1.807) is 0 Å². The SMILES string of the molecule is CCc1cc(C(=O)NCC(C)CCO)oc1CC. The first-order chi connectivity index (χ1) is 8.62. The van der Waals surface area contributed by atoms with Crippen LogP contribution in [0.2, 0.25) is 0 Å². The fourth-order valence-electron chi connectivity index (χ4n) is 1.85. The van der Waals surface area contributed by atoms with Gasteiger partial charge in [0.05, 0.1) is 0 Å². The van der Waals surface area contributed by atoms with Gasteiger partial charge in [-0.05, 0) is 30.4 Å². The lowest BCUT2D eigenvalue weighted by Gasteiger charge is -2.09. The number of carbonyl (C=O) groups excluding carboxylic acids is 1. The third-order valence-electron chi connectivity index (χ3n) is 3.06. The van der Waals surface area contributed by atoms with E-state index in [1.165, 1.54) is 0 Å². The van der Waals surface area contributed by atoms with E-state index in [0.29, 0.717) is 18.7 Å². The smallest absolute Gasteiger partial charge is 0.287 e. The van der Waals surface area contributed by atoms with Crippen LogP contribution >= 0.6 is 0 Å². The molecule has 4 heteroatoms. The van der Waals surface area contributed by atoms with Crippen molar-refractivity contribution in [2.24, 2.45) is 5.92 Å². The van der Waals surface area contributed by atoms with Gasteiger partial charge in [0.2, 0.25) is 0 Å². The highest BCUT2D eigenvalue weighted by molar-refractivity contribution is 5.91. The Balaban J connectivity index is 2.58. The average molecular weight is 253 g/mol. The van der Waals surface area contributed by atoms with Crippen molar-refractivity contribution in [2.75, 3.05) is 13.2 Å². The van der Waals surface area contributed by atoms with Crippen LogP contribution in [0.1, 0.15) is 49.1 Å². The number of amides is 1. The minimum Gasteiger partial charge on any atom is -0.456 e. The highest BCUT2D eigenvalue weighted by Gasteiger charge is 2.15. The van der Waals surface area contributed by atoms with Crippen LogP contribution in [0.3, 0.4) is 0 Å². The van der Waals surface area contributed by atoms with Gasteiger partial charge in [0.15, 0.2) is 5.76 Å². The van der Waals surface area contributed by atoms with Crippen molar-refractivity contribution in [2.45, 2.75) is 40.0 Å². The number of furan rings is 1. The predicted octanol–water partition coefficient (Wildman–Crippen LogP) is 2.15. The molecular weight excluding hydrogens is 230 g/mol. The first-order valence-electron chi connectivity index (χ1n) is 6.62. The highest BCUT2D eigenvalue weighted by atomic mass is 16.4. The minimum absolute atomic E-state index is 0.151. The van der Waals surface area contributed by atoms with Crippen molar-refractivity contribution >= 4 is 5.91 Å². The van der Waals surface area contributed by atoms with E-state index in [9.17, 15) is 4.79 Å². The molecule has 1 amide bonds. The van der Waals surface area contributed by atoms with Gasteiger partial charge < -0.3 is 14.8 Å². The summed E-state index contributed by atoms with van der Waals surface area (Å²) in [6, 6.07) is 1.82. The number of aliphatic hydroxyl groups excluding tert-OH is 1. The van der Waals surface area contributed by atoms with Crippen molar-refractivity contribution in [3.63, 3.8) is 0 Å². The quantitative estimate of drug-likeness (QED) is 0.782. The van der Waals surface area contributed by atoms with Gasteiger partial charge in [-0.3, -0.25) is 4.79 Å². The molecule has 0 bridgehead atoms. The first-order valence-corrected chi connectivity index (χ1v) is 6.62.